The highest BCUT2D eigenvalue weighted by atomic mass is 16.6. The number of likely N-dealkylation sites (tertiary alicyclic amines) is 1. The standard InChI is InChI=1S/C24H27N3O3/c1-17-14-20(27(28)29)9-11-22(17)24-12-10-21(30-24)16-26-13-5-8-23(26)18-6-4-7-19(15-18)25(2)3/h4,6-7,9-12,14-15,23H,5,8,13,16H2,1-3H3. The van der Waals surface area contributed by atoms with Crippen LogP contribution in [0.5, 0.6) is 0 Å². The zero-order chi connectivity index (χ0) is 21.3. The molecule has 0 saturated carbocycles. The zero-order valence-corrected chi connectivity index (χ0v) is 17.7. The van der Waals surface area contributed by atoms with Gasteiger partial charge in [-0.15, -0.1) is 0 Å². The van der Waals surface area contributed by atoms with Crippen molar-refractivity contribution in [1.82, 2.24) is 4.90 Å². The van der Waals surface area contributed by atoms with Crippen LogP contribution in [0.1, 0.15) is 35.8 Å². The fraction of sp³-hybridized carbons (Fsp3) is 0.333. The highest BCUT2D eigenvalue weighted by Gasteiger charge is 2.27. The van der Waals surface area contributed by atoms with Gasteiger partial charge < -0.3 is 9.32 Å². The Hall–Kier alpha value is -3.12. The van der Waals surface area contributed by atoms with E-state index in [9.17, 15) is 10.1 Å². The number of non-ortho nitro benzene ring substituents is 1. The molecule has 6 heteroatoms. The Labute approximate surface area is 176 Å². The maximum Gasteiger partial charge on any atom is 0.269 e. The smallest absolute Gasteiger partial charge is 0.269 e. The summed E-state index contributed by atoms with van der Waals surface area (Å²) in [6, 6.07) is 18.0. The molecule has 0 aliphatic carbocycles. The van der Waals surface area contributed by atoms with Crippen molar-refractivity contribution in [1.29, 1.82) is 0 Å². The van der Waals surface area contributed by atoms with Crippen LogP contribution in [0, 0.1) is 17.0 Å². The highest BCUT2D eigenvalue weighted by Crippen LogP contribution is 2.35. The van der Waals surface area contributed by atoms with Gasteiger partial charge in [-0.2, -0.15) is 0 Å². The highest BCUT2D eigenvalue weighted by molar-refractivity contribution is 5.64. The van der Waals surface area contributed by atoms with E-state index in [1.54, 1.807) is 12.1 Å². The maximum absolute atomic E-state index is 11.0. The minimum Gasteiger partial charge on any atom is -0.460 e. The van der Waals surface area contributed by atoms with E-state index in [2.05, 4.69) is 48.2 Å². The molecule has 1 fully saturated rings. The lowest BCUT2D eigenvalue weighted by Crippen LogP contribution is -2.22. The maximum atomic E-state index is 11.0. The van der Waals surface area contributed by atoms with Crippen LogP contribution in [0.15, 0.2) is 59.0 Å². The molecule has 4 rings (SSSR count). The topological polar surface area (TPSA) is 62.8 Å². The minimum atomic E-state index is -0.372. The van der Waals surface area contributed by atoms with Crippen LogP contribution in [0.4, 0.5) is 11.4 Å². The first-order valence-electron chi connectivity index (χ1n) is 10.3. The monoisotopic (exact) mass is 405 g/mol. The minimum absolute atomic E-state index is 0.0999. The summed E-state index contributed by atoms with van der Waals surface area (Å²) in [6.45, 7) is 3.67. The van der Waals surface area contributed by atoms with Crippen molar-refractivity contribution in [3.05, 3.63) is 81.6 Å². The van der Waals surface area contributed by atoms with Crippen LogP contribution in [0.2, 0.25) is 0 Å². The van der Waals surface area contributed by atoms with Gasteiger partial charge in [-0.1, -0.05) is 12.1 Å². The lowest BCUT2D eigenvalue weighted by molar-refractivity contribution is -0.384. The van der Waals surface area contributed by atoms with Crippen molar-refractivity contribution in [2.75, 3.05) is 25.5 Å². The number of nitro groups is 1. The average Bonchev–Trinajstić information content (AvgIpc) is 3.38. The Bertz CT molecular complexity index is 1060. The van der Waals surface area contributed by atoms with E-state index >= 15 is 0 Å². The number of aryl methyl sites for hydroxylation is 1. The molecule has 2 aromatic carbocycles. The number of furan rings is 1. The Kier molecular flexibility index (Phi) is 5.59. The van der Waals surface area contributed by atoms with Crippen LogP contribution in [0.25, 0.3) is 11.3 Å². The number of rotatable bonds is 6. The van der Waals surface area contributed by atoms with E-state index in [0.717, 1.165) is 42.2 Å². The zero-order valence-electron chi connectivity index (χ0n) is 17.7. The molecule has 2 heterocycles. The summed E-state index contributed by atoms with van der Waals surface area (Å²) < 4.78 is 6.14. The molecule has 0 N–H and O–H groups in total. The summed E-state index contributed by atoms with van der Waals surface area (Å²) in [5.74, 6) is 1.67. The van der Waals surface area contributed by atoms with Gasteiger partial charge in [0.25, 0.3) is 5.69 Å². The van der Waals surface area contributed by atoms with E-state index in [4.69, 9.17) is 4.42 Å². The van der Waals surface area contributed by atoms with Gasteiger partial charge in [-0.25, -0.2) is 0 Å². The molecule has 156 valence electrons. The SMILES string of the molecule is Cc1cc([N+](=O)[O-])ccc1-c1ccc(CN2CCCC2c2cccc(N(C)C)c2)o1. The number of benzene rings is 2. The van der Waals surface area contributed by atoms with Crippen LogP contribution >= 0.6 is 0 Å². The normalized spacial score (nSPS) is 16.7. The molecule has 1 aromatic heterocycles. The van der Waals surface area contributed by atoms with Crippen molar-refractivity contribution in [3.8, 4) is 11.3 Å². The van der Waals surface area contributed by atoms with Crippen LogP contribution in [0.3, 0.4) is 0 Å². The molecule has 1 atom stereocenters. The lowest BCUT2D eigenvalue weighted by Gasteiger charge is -2.25. The average molecular weight is 405 g/mol. The van der Waals surface area contributed by atoms with E-state index in [-0.39, 0.29) is 10.6 Å². The number of hydrogen-bond acceptors (Lipinski definition) is 5. The van der Waals surface area contributed by atoms with Crippen molar-refractivity contribution in [2.45, 2.75) is 32.4 Å². The first kappa shape index (κ1) is 20.2. The molecular formula is C24H27N3O3. The number of nitro benzene ring substituents is 1. The van der Waals surface area contributed by atoms with E-state index in [0.29, 0.717) is 6.04 Å². The van der Waals surface area contributed by atoms with Crippen LogP contribution in [-0.4, -0.2) is 30.5 Å². The molecule has 30 heavy (non-hydrogen) atoms. The quantitative estimate of drug-likeness (QED) is 0.396. The molecule has 1 aliphatic heterocycles. The van der Waals surface area contributed by atoms with Crippen molar-refractivity contribution in [3.63, 3.8) is 0 Å². The van der Waals surface area contributed by atoms with Crippen molar-refractivity contribution < 1.29 is 9.34 Å². The molecule has 0 radical (unpaired) electrons. The Balaban J connectivity index is 1.52. The first-order chi connectivity index (χ1) is 14.4. The third kappa shape index (κ3) is 4.09. The van der Waals surface area contributed by atoms with Gasteiger partial charge >= 0.3 is 0 Å². The fourth-order valence-corrected chi connectivity index (χ4v) is 4.25. The van der Waals surface area contributed by atoms with Gasteiger partial charge in [-0.05, 0) is 67.8 Å². The van der Waals surface area contributed by atoms with Gasteiger partial charge in [0.2, 0.25) is 0 Å². The van der Waals surface area contributed by atoms with E-state index in [1.807, 2.05) is 19.1 Å². The van der Waals surface area contributed by atoms with Gasteiger partial charge in [0.15, 0.2) is 0 Å². The Morgan fingerprint density at radius 3 is 2.73 bits per heavy atom. The van der Waals surface area contributed by atoms with Crippen LogP contribution < -0.4 is 4.90 Å². The summed E-state index contributed by atoms with van der Waals surface area (Å²) in [7, 11) is 4.13. The first-order valence-corrected chi connectivity index (χ1v) is 10.3. The second-order valence-corrected chi connectivity index (χ2v) is 8.14. The summed E-state index contributed by atoms with van der Waals surface area (Å²) in [5.41, 5.74) is 4.39. The molecule has 1 unspecified atom stereocenters. The molecule has 6 nitrogen and oxygen atoms in total. The van der Waals surface area contributed by atoms with Crippen molar-refractivity contribution in [2.24, 2.45) is 0 Å². The largest absolute Gasteiger partial charge is 0.460 e. The summed E-state index contributed by atoms with van der Waals surface area (Å²) >= 11 is 0. The summed E-state index contributed by atoms with van der Waals surface area (Å²) in [5, 5.41) is 11.0. The molecule has 0 spiro atoms. The second-order valence-electron chi connectivity index (χ2n) is 8.14. The van der Waals surface area contributed by atoms with Gasteiger partial charge in [0, 0.05) is 43.5 Å². The lowest BCUT2D eigenvalue weighted by atomic mass is 10.0. The molecule has 1 saturated heterocycles. The number of anilines is 1. The fourth-order valence-electron chi connectivity index (χ4n) is 4.25. The molecule has 3 aromatic rings. The Morgan fingerprint density at radius 1 is 1.17 bits per heavy atom. The third-order valence-electron chi connectivity index (χ3n) is 5.84. The predicted octanol–water partition coefficient (Wildman–Crippen LogP) is 5.57. The predicted molar refractivity (Wildman–Crippen MR) is 119 cm³/mol. The van der Waals surface area contributed by atoms with E-state index < -0.39 is 0 Å². The van der Waals surface area contributed by atoms with Crippen molar-refractivity contribution >= 4 is 11.4 Å². The molecule has 0 bridgehead atoms. The Morgan fingerprint density at radius 2 is 2.00 bits per heavy atom. The van der Waals surface area contributed by atoms with Gasteiger partial charge in [-0.3, -0.25) is 15.0 Å². The molecular weight excluding hydrogens is 378 g/mol. The van der Waals surface area contributed by atoms with Gasteiger partial charge in [0.05, 0.1) is 11.5 Å². The third-order valence-corrected chi connectivity index (χ3v) is 5.84. The number of nitrogens with zero attached hydrogens (tertiary/aromatic N) is 3. The summed E-state index contributed by atoms with van der Waals surface area (Å²) in [4.78, 5) is 15.2. The second kappa shape index (κ2) is 8.32. The molecule has 0 amide bonds. The van der Waals surface area contributed by atoms with Gasteiger partial charge in [0.1, 0.15) is 11.5 Å². The number of hydrogen-bond donors (Lipinski definition) is 0. The van der Waals surface area contributed by atoms with E-state index in [1.165, 1.54) is 23.7 Å². The summed E-state index contributed by atoms with van der Waals surface area (Å²) in [6.07, 6.45) is 2.32. The van der Waals surface area contributed by atoms with Crippen LogP contribution in [-0.2, 0) is 6.54 Å². The molecule has 1 aliphatic rings.